The van der Waals surface area contributed by atoms with Crippen LogP contribution in [0.1, 0.15) is 19.8 Å². The summed E-state index contributed by atoms with van der Waals surface area (Å²) < 4.78 is 1.53. The molecule has 50 valence electrons. The van der Waals surface area contributed by atoms with Gasteiger partial charge in [-0.15, -0.1) is 0 Å². The topological polar surface area (TPSA) is 0 Å². The summed E-state index contributed by atoms with van der Waals surface area (Å²) in [4.78, 5) is 0. The van der Waals surface area contributed by atoms with Gasteiger partial charge in [-0.1, -0.05) is 0 Å². The molecule has 0 heterocycles. The van der Waals surface area contributed by atoms with Gasteiger partial charge in [0.15, 0.2) is 0 Å². The van der Waals surface area contributed by atoms with Gasteiger partial charge in [-0.3, -0.25) is 0 Å². The van der Waals surface area contributed by atoms with Crippen molar-refractivity contribution in [3.63, 3.8) is 0 Å². The van der Waals surface area contributed by atoms with Crippen molar-refractivity contribution in [2.75, 3.05) is 0 Å². The Bertz CT molecular complexity index is 58.8. The van der Waals surface area contributed by atoms with Gasteiger partial charge in [-0.2, -0.15) is 0 Å². The Balaban J connectivity index is 3.11. The Labute approximate surface area is 84.4 Å². The molecule has 0 atom stereocenters. The number of hydrogen-bond acceptors (Lipinski definition) is 0. The van der Waals surface area contributed by atoms with Gasteiger partial charge in [-0.05, 0) is 0 Å². The summed E-state index contributed by atoms with van der Waals surface area (Å²) in [5, 5.41) is 0. The molecule has 0 N–H and O–H groups in total. The van der Waals surface area contributed by atoms with Crippen LogP contribution in [0.2, 0.25) is 4.44 Å². The summed E-state index contributed by atoms with van der Waals surface area (Å²) in [6.07, 6.45) is 2.82. The van der Waals surface area contributed by atoms with Gasteiger partial charge in [-0.25, -0.2) is 0 Å². The van der Waals surface area contributed by atoms with Crippen molar-refractivity contribution in [3.8, 4) is 0 Å². The van der Waals surface area contributed by atoms with E-state index in [-0.39, 0.29) is 0 Å². The fourth-order valence-corrected chi connectivity index (χ4v) is 10.2. The molecule has 0 aromatic carbocycles. The zero-order valence-electron chi connectivity index (χ0n) is 4.76. The van der Waals surface area contributed by atoms with E-state index in [0.717, 1.165) is 0 Å². The van der Waals surface area contributed by atoms with E-state index in [1.54, 1.807) is 0 Å². The normalized spacial score (nSPS) is 12.0. The van der Waals surface area contributed by atoms with E-state index in [2.05, 4.69) is 62.8 Å². The van der Waals surface area contributed by atoms with Crippen molar-refractivity contribution in [1.29, 1.82) is 0 Å². The molecule has 0 nitrogen and oxygen atoms in total. The maximum atomic E-state index is 2.68. The van der Waals surface area contributed by atoms with Gasteiger partial charge < -0.3 is 0 Å². The van der Waals surface area contributed by atoms with Crippen LogP contribution in [0.15, 0.2) is 0 Å². The molecule has 0 radical (unpaired) electrons. The third-order valence-corrected chi connectivity index (χ3v) is 14.3. The molecule has 0 fully saturated rings. The van der Waals surface area contributed by atoms with Crippen molar-refractivity contribution in [2.45, 2.75) is 24.2 Å². The first-order valence-electron chi connectivity index (χ1n) is 2.63. The van der Waals surface area contributed by atoms with Crippen LogP contribution in [-0.4, -0.2) is 6.47 Å². The van der Waals surface area contributed by atoms with Crippen LogP contribution in [0, 0.1) is 0 Å². The Morgan fingerprint density at radius 3 is 1.88 bits per heavy atom. The van der Waals surface area contributed by atoms with E-state index >= 15 is 0 Å². The maximum absolute atomic E-state index is 2.68. The van der Waals surface area contributed by atoms with Crippen LogP contribution in [0.4, 0.5) is 0 Å². The molecule has 0 amide bonds. The molecule has 0 saturated heterocycles. The minimum absolute atomic E-state index is 1.37. The van der Waals surface area contributed by atoms with Crippen LogP contribution in [0.5, 0.6) is 0 Å². The summed E-state index contributed by atoms with van der Waals surface area (Å²) in [6, 6.07) is 0. The number of unbranched alkanes of at least 4 members (excludes halogenated alkanes) is 1. The van der Waals surface area contributed by atoms with Gasteiger partial charge in [0.25, 0.3) is 0 Å². The summed E-state index contributed by atoms with van der Waals surface area (Å²) >= 11 is 8.05. The van der Waals surface area contributed by atoms with Crippen LogP contribution >= 0.6 is 55.9 Å². The molecule has 0 saturated carbocycles. The van der Waals surface area contributed by atoms with E-state index < -0.39 is 6.47 Å². The van der Waals surface area contributed by atoms with Gasteiger partial charge in [0.1, 0.15) is 0 Å². The van der Waals surface area contributed by atoms with Crippen molar-refractivity contribution < 1.29 is 0 Å². The molecular weight excluding hydrogens is 547 g/mol. The molecule has 0 aliphatic heterocycles. The fourth-order valence-electron chi connectivity index (χ4n) is 0.377. The second-order valence-electron chi connectivity index (χ2n) is 1.72. The SMILES string of the molecule is CCC[CH2][Sn]([I])([I])[I]. The van der Waals surface area contributed by atoms with E-state index in [1.165, 1.54) is 17.3 Å². The van der Waals surface area contributed by atoms with Gasteiger partial charge >= 0.3 is 86.6 Å². The molecule has 0 bridgehead atoms. The number of rotatable bonds is 3. The third kappa shape index (κ3) is 8.99. The van der Waals surface area contributed by atoms with Gasteiger partial charge in [0, 0.05) is 0 Å². The summed E-state index contributed by atoms with van der Waals surface area (Å²) in [5.74, 6) is 0. The summed E-state index contributed by atoms with van der Waals surface area (Å²) in [6.45, 7) is 0.868. The average molecular weight is 557 g/mol. The predicted octanol–water partition coefficient (Wildman–Crippen LogP) is 4.03. The van der Waals surface area contributed by atoms with Gasteiger partial charge in [0.2, 0.25) is 0 Å². The van der Waals surface area contributed by atoms with E-state index in [1.807, 2.05) is 0 Å². The second-order valence-corrected chi connectivity index (χ2v) is 85.3. The third-order valence-electron chi connectivity index (χ3n) is 0.814. The van der Waals surface area contributed by atoms with Crippen LogP contribution < -0.4 is 0 Å². The van der Waals surface area contributed by atoms with Crippen molar-refractivity contribution in [2.24, 2.45) is 0 Å². The molecule has 0 unspecified atom stereocenters. The second kappa shape index (κ2) is 5.62. The summed E-state index contributed by atoms with van der Waals surface area (Å²) in [5.41, 5.74) is 0. The van der Waals surface area contributed by atoms with E-state index in [4.69, 9.17) is 0 Å². The standard InChI is InChI=1S/C4H9.3HI.Sn/c1-3-4-2;;;;/h1,3-4H2,2H3;3*1H;/q;;;;+3/p-3. The molecule has 0 aromatic heterocycles. The Morgan fingerprint density at radius 2 is 1.75 bits per heavy atom. The zero-order chi connectivity index (χ0) is 6.62. The molecule has 0 aliphatic carbocycles. The molecule has 8 heavy (non-hydrogen) atoms. The Morgan fingerprint density at radius 1 is 1.25 bits per heavy atom. The first-order valence-corrected chi connectivity index (χ1v) is 29.6. The van der Waals surface area contributed by atoms with Crippen molar-refractivity contribution in [3.05, 3.63) is 0 Å². The average Bonchev–Trinajstić information content (AvgIpc) is 1.59. The Hall–Kier alpha value is 2.99. The molecule has 0 spiro atoms. The first-order chi connectivity index (χ1) is 3.56. The summed E-state index contributed by atoms with van der Waals surface area (Å²) in [7, 11) is 0. The minimum atomic E-state index is -1.40. The van der Waals surface area contributed by atoms with Crippen molar-refractivity contribution in [1.82, 2.24) is 0 Å². The fraction of sp³-hybridized carbons (Fsp3) is 1.00. The molecule has 0 rings (SSSR count). The van der Waals surface area contributed by atoms with Crippen LogP contribution in [0.25, 0.3) is 0 Å². The molecule has 0 aromatic rings. The van der Waals surface area contributed by atoms with E-state index in [0.29, 0.717) is 0 Å². The van der Waals surface area contributed by atoms with E-state index in [9.17, 15) is 0 Å². The monoisotopic (exact) mass is 558 g/mol. The molecule has 4 heteroatoms. The van der Waals surface area contributed by atoms with Crippen LogP contribution in [-0.2, 0) is 0 Å². The Kier molecular flexibility index (Phi) is 7.71. The number of hydrogen-bond donors (Lipinski definition) is 0. The predicted molar refractivity (Wildman–Crippen MR) is 67.5 cm³/mol. The van der Waals surface area contributed by atoms with Crippen LogP contribution in [0.3, 0.4) is 0 Å². The zero-order valence-corrected chi connectivity index (χ0v) is 14.1. The van der Waals surface area contributed by atoms with Crippen molar-refractivity contribution >= 4 is 62.4 Å². The number of halogens is 3. The first kappa shape index (κ1) is 11.0. The van der Waals surface area contributed by atoms with Gasteiger partial charge in [0.05, 0.1) is 0 Å². The molecular formula is C4H9I3Sn. The quantitative estimate of drug-likeness (QED) is 0.364. The molecule has 0 aliphatic rings.